The summed E-state index contributed by atoms with van der Waals surface area (Å²) in [5.74, 6) is -0.215. The number of anilines is 1. The average molecular weight is 438 g/mol. The molecule has 1 unspecified atom stereocenters. The van der Waals surface area contributed by atoms with E-state index in [2.05, 4.69) is 32.6 Å². The van der Waals surface area contributed by atoms with Gasteiger partial charge < -0.3 is 10.6 Å². The molecule has 0 fully saturated rings. The first-order valence-electron chi connectivity index (χ1n) is 8.43. The molecule has 0 saturated heterocycles. The smallest absolute Gasteiger partial charge is 0.238 e. The Morgan fingerprint density at radius 2 is 2.08 bits per heavy atom. The zero-order valence-corrected chi connectivity index (χ0v) is 17.6. The molecule has 1 heterocycles. The number of carbonyl (C=O) groups excluding carboxylic acids is 2. The van der Waals surface area contributed by atoms with Crippen LogP contribution in [0.1, 0.15) is 17.4 Å². The molecule has 1 aromatic heterocycles. The lowest BCUT2D eigenvalue weighted by Gasteiger charge is -2.23. The minimum Gasteiger partial charge on any atom is -0.354 e. The molecule has 0 aliphatic carbocycles. The third-order valence-corrected chi connectivity index (χ3v) is 5.58. The van der Waals surface area contributed by atoms with Crippen molar-refractivity contribution >= 4 is 44.8 Å². The maximum atomic E-state index is 12.3. The van der Waals surface area contributed by atoms with Crippen molar-refractivity contribution in [3.05, 3.63) is 50.6 Å². The van der Waals surface area contributed by atoms with Crippen LogP contribution in [0.5, 0.6) is 0 Å². The van der Waals surface area contributed by atoms with Gasteiger partial charge in [0, 0.05) is 21.6 Å². The number of benzene rings is 1. The molecule has 0 bridgehead atoms. The van der Waals surface area contributed by atoms with Gasteiger partial charge in [0.2, 0.25) is 11.8 Å². The van der Waals surface area contributed by atoms with Gasteiger partial charge in [0.15, 0.2) is 0 Å². The van der Waals surface area contributed by atoms with E-state index in [9.17, 15) is 9.59 Å². The largest absolute Gasteiger partial charge is 0.354 e. The molecule has 0 radical (unpaired) electrons. The lowest BCUT2D eigenvalue weighted by atomic mass is 10.2. The van der Waals surface area contributed by atoms with Crippen molar-refractivity contribution in [2.45, 2.75) is 26.3 Å². The van der Waals surface area contributed by atoms with Crippen LogP contribution < -0.4 is 10.6 Å². The molecular weight excluding hydrogens is 414 g/mol. The zero-order chi connectivity index (χ0) is 19.1. The molecule has 5 nitrogen and oxygen atoms in total. The second-order valence-electron chi connectivity index (χ2n) is 6.22. The lowest BCUT2D eigenvalue weighted by molar-refractivity contribution is -0.126. The number of nitrogens with one attached hydrogen (secondary N) is 2. The predicted molar refractivity (Wildman–Crippen MR) is 111 cm³/mol. The molecule has 2 aromatic rings. The number of aryl methyl sites for hydroxylation is 1. The van der Waals surface area contributed by atoms with Crippen molar-refractivity contribution in [3.8, 4) is 0 Å². The number of nitrogens with zero attached hydrogens (tertiary/aromatic N) is 1. The molecule has 2 rings (SSSR count). The summed E-state index contributed by atoms with van der Waals surface area (Å²) in [7, 11) is 1.78. The minimum atomic E-state index is -0.380. The lowest BCUT2D eigenvalue weighted by Crippen LogP contribution is -2.46. The Hall–Kier alpha value is -1.70. The van der Waals surface area contributed by atoms with Crippen LogP contribution in [0.25, 0.3) is 0 Å². The van der Waals surface area contributed by atoms with Crippen molar-refractivity contribution in [2.75, 3.05) is 25.5 Å². The van der Waals surface area contributed by atoms with Crippen molar-refractivity contribution in [1.29, 1.82) is 0 Å². The third kappa shape index (κ3) is 6.23. The molecule has 1 aromatic carbocycles. The summed E-state index contributed by atoms with van der Waals surface area (Å²) in [5, 5.41) is 7.85. The van der Waals surface area contributed by atoms with Gasteiger partial charge in [0.05, 0.1) is 12.6 Å². The van der Waals surface area contributed by atoms with E-state index in [1.165, 1.54) is 4.88 Å². The van der Waals surface area contributed by atoms with Gasteiger partial charge in [-0.3, -0.25) is 14.5 Å². The summed E-state index contributed by atoms with van der Waals surface area (Å²) in [5.41, 5.74) is 1.76. The second kappa shape index (κ2) is 9.85. The summed E-state index contributed by atoms with van der Waals surface area (Å²) in [4.78, 5) is 27.5. The topological polar surface area (TPSA) is 61.4 Å². The first-order chi connectivity index (χ1) is 12.4. The number of thiophene rings is 1. The molecule has 26 heavy (non-hydrogen) atoms. The number of amides is 2. The fourth-order valence-corrected chi connectivity index (χ4v) is 3.62. The van der Waals surface area contributed by atoms with Gasteiger partial charge >= 0.3 is 0 Å². The quantitative estimate of drug-likeness (QED) is 0.664. The maximum Gasteiger partial charge on any atom is 0.238 e. The van der Waals surface area contributed by atoms with Crippen molar-refractivity contribution < 1.29 is 9.59 Å². The monoisotopic (exact) mass is 437 g/mol. The van der Waals surface area contributed by atoms with Crippen LogP contribution in [0.3, 0.4) is 0 Å². The van der Waals surface area contributed by atoms with E-state index in [4.69, 9.17) is 0 Å². The van der Waals surface area contributed by atoms with Gasteiger partial charge in [-0.25, -0.2) is 0 Å². The van der Waals surface area contributed by atoms with Crippen LogP contribution in [-0.4, -0.2) is 42.9 Å². The Morgan fingerprint density at radius 3 is 2.73 bits per heavy atom. The maximum absolute atomic E-state index is 12.3. The van der Waals surface area contributed by atoms with Crippen LogP contribution in [-0.2, 0) is 16.0 Å². The van der Waals surface area contributed by atoms with Crippen LogP contribution in [0, 0.1) is 6.92 Å². The highest BCUT2D eigenvalue weighted by Gasteiger charge is 2.20. The predicted octanol–water partition coefficient (Wildman–Crippen LogP) is 3.44. The van der Waals surface area contributed by atoms with Crippen molar-refractivity contribution in [3.63, 3.8) is 0 Å². The second-order valence-corrected chi connectivity index (χ2v) is 8.17. The highest BCUT2D eigenvalue weighted by atomic mass is 79.9. The van der Waals surface area contributed by atoms with Gasteiger partial charge in [-0.15, -0.1) is 11.3 Å². The fraction of sp³-hybridized carbons (Fsp3) is 0.368. The summed E-state index contributed by atoms with van der Waals surface area (Å²) in [6.07, 6.45) is 0.823. The first kappa shape index (κ1) is 20.6. The molecule has 7 heteroatoms. The van der Waals surface area contributed by atoms with E-state index in [0.29, 0.717) is 6.54 Å². The fourth-order valence-electron chi connectivity index (χ4n) is 2.43. The van der Waals surface area contributed by atoms with Gasteiger partial charge in [-0.2, -0.15) is 0 Å². The van der Waals surface area contributed by atoms with Gasteiger partial charge in [0.25, 0.3) is 0 Å². The average Bonchev–Trinajstić information content (AvgIpc) is 3.10. The number of hydrogen-bond donors (Lipinski definition) is 2. The molecule has 2 amide bonds. The number of hydrogen-bond acceptors (Lipinski definition) is 4. The van der Waals surface area contributed by atoms with Crippen LogP contribution >= 0.6 is 27.3 Å². The van der Waals surface area contributed by atoms with Crippen molar-refractivity contribution in [1.82, 2.24) is 10.2 Å². The molecule has 2 N–H and O–H groups in total. The van der Waals surface area contributed by atoms with E-state index < -0.39 is 0 Å². The Morgan fingerprint density at radius 1 is 1.31 bits per heavy atom. The Labute approximate surface area is 166 Å². The van der Waals surface area contributed by atoms with Crippen LogP contribution in [0.15, 0.2) is 40.2 Å². The van der Waals surface area contributed by atoms with Crippen LogP contribution in [0.2, 0.25) is 0 Å². The molecule has 1 atom stereocenters. The zero-order valence-electron chi connectivity index (χ0n) is 15.2. The van der Waals surface area contributed by atoms with Gasteiger partial charge in [0.1, 0.15) is 0 Å². The number of rotatable bonds is 8. The van der Waals surface area contributed by atoms with Crippen LogP contribution in [0.4, 0.5) is 5.69 Å². The van der Waals surface area contributed by atoms with E-state index in [0.717, 1.165) is 22.1 Å². The Kier molecular flexibility index (Phi) is 7.81. The number of likely N-dealkylation sites (N-methyl/N-ethyl adjacent to an activating group) is 1. The molecule has 0 saturated carbocycles. The first-order valence-corrected chi connectivity index (χ1v) is 10.1. The van der Waals surface area contributed by atoms with Crippen molar-refractivity contribution in [2.24, 2.45) is 0 Å². The Bertz CT molecular complexity index is 749. The molecule has 0 spiro atoms. The molecule has 140 valence electrons. The molecule has 0 aliphatic rings. The molecule has 0 aliphatic heterocycles. The SMILES string of the molecule is Cc1cc(Br)ccc1NC(=O)CN(C)C(C)C(=O)NCCc1cccs1. The van der Waals surface area contributed by atoms with E-state index in [1.54, 1.807) is 30.2 Å². The summed E-state index contributed by atoms with van der Waals surface area (Å²) in [6.45, 7) is 4.49. The number of carbonyl (C=O) groups is 2. The normalized spacial score (nSPS) is 12.0. The van der Waals surface area contributed by atoms with E-state index in [1.807, 2.05) is 36.6 Å². The number of halogens is 1. The highest BCUT2D eigenvalue weighted by molar-refractivity contribution is 9.10. The van der Waals surface area contributed by atoms with Gasteiger partial charge in [-0.1, -0.05) is 22.0 Å². The summed E-state index contributed by atoms with van der Waals surface area (Å²) >= 11 is 5.09. The van der Waals surface area contributed by atoms with E-state index >= 15 is 0 Å². The summed E-state index contributed by atoms with van der Waals surface area (Å²) in [6, 6.07) is 9.37. The highest BCUT2D eigenvalue weighted by Crippen LogP contribution is 2.20. The Balaban J connectivity index is 1.78. The standard InChI is InChI=1S/C19H24BrN3O2S/c1-13-11-15(20)6-7-17(13)22-18(24)12-23(3)14(2)19(25)21-9-8-16-5-4-10-26-16/h4-7,10-11,14H,8-9,12H2,1-3H3,(H,21,25)(H,22,24). The summed E-state index contributed by atoms with van der Waals surface area (Å²) < 4.78 is 0.970. The van der Waals surface area contributed by atoms with E-state index in [-0.39, 0.29) is 24.4 Å². The minimum absolute atomic E-state index is 0.0725. The molecular formula is C19H24BrN3O2S. The third-order valence-electron chi connectivity index (χ3n) is 4.15. The van der Waals surface area contributed by atoms with Gasteiger partial charge in [-0.05, 0) is 62.5 Å².